The number of phenolic OH excluding ortho intramolecular Hbond substituents is 1. The van der Waals surface area contributed by atoms with Crippen LogP contribution in [0.25, 0.3) is 0 Å². The number of amides is 6. The summed E-state index contributed by atoms with van der Waals surface area (Å²) in [6.45, 7) is 3.93. The lowest BCUT2D eigenvalue weighted by atomic mass is 9.96. The second kappa shape index (κ2) is 26.1. The van der Waals surface area contributed by atoms with Crippen molar-refractivity contribution in [3.63, 3.8) is 0 Å². The Morgan fingerprint density at radius 1 is 0.757 bits per heavy atom. The van der Waals surface area contributed by atoms with Crippen LogP contribution in [-0.4, -0.2) is 138 Å². The van der Waals surface area contributed by atoms with Gasteiger partial charge in [0.2, 0.25) is 35.4 Å². The Morgan fingerprint density at radius 2 is 1.33 bits per heavy atom. The summed E-state index contributed by atoms with van der Waals surface area (Å²) in [5.41, 5.74) is 19.2. The zero-order valence-corrected chi connectivity index (χ0v) is 39.2. The minimum Gasteiger partial charge on any atom is -0.508 e. The highest BCUT2D eigenvalue weighted by Crippen LogP contribution is 2.21. The smallest absolute Gasteiger partial charge is 0.326 e. The number of carbonyl (C=O) groups is 7. The van der Waals surface area contributed by atoms with Gasteiger partial charge in [-0.15, -0.1) is 0 Å². The number of carbonyl (C=O) groups excluding carboxylic acids is 6. The molecule has 1 aliphatic rings. The number of aliphatic carboxylic acids is 1. The number of likely N-dealkylation sites (tertiary alicyclic amines) is 1. The zero-order valence-electron chi connectivity index (χ0n) is 39.2. The van der Waals surface area contributed by atoms with Crippen LogP contribution in [0.15, 0.2) is 84.6 Å². The average Bonchev–Trinajstić information content (AvgIpc) is 4.16. The maximum Gasteiger partial charge on any atom is 0.326 e. The molecular weight excluding hydrogens is 905 g/mol. The third-order valence-corrected chi connectivity index (χ3v) is 12.0. The minimum absolute atomic E-state index is 0.0178. The van der Waals surface area contributed by atoms with E-state index in [2.05, 4.69) is 51.5 Å². The molecule has 2 aromatic carbocycles. The monoisotopic (exact) mass is 968 g/mol. The summed E-state index contributed by atoms with van der Waals surface area (Å²) in [5, 5.41) is 33.6. The number of benzene rings is 2. The van der Waals surface area contributed by atoms with Crippen LogP contribution < -0.4 is 43.8 Å². The van der Waals surface area contributed by atoms with Crippen LogP contribution in [0, 0.1) is 5.92 Å². The molecule has 1 fully saturated rings. The number of imidazole rings is 2. The summed E-state index contributed by atoms with van der Waals surface area (Å²) >= 11 is 0. The number of phenols is 1. The van der Waals surface area contributed by atoms with E-state index in [9.17, 15) is 43.8 Å². The highest BCUT2D eigenvalue weighted by Gasteiger charge is 2.41. The molecule has 3 heterocycles. The van der Waals surface area contributed by atoms with Crippen LogP contribution >= 0.6 is 0 Å². The molecular formula is C47H64N14O9. The van der Waals surface area contributed by atoms with Crippen molar-refractivity contribution in [2.24, 2.45) is 28.1 Å². The van der Waals surface area contributed by atoms with Crippen LogP contribution in [0.2, 0.25) is 0 Å². The number of rotatable bonds is 26. The molecule has 8 atom stereocenters. The van der Waals surface area contributed by atoms with E-state index < -0.39 is 89.6 Å². The molecule has 1 aliphatic heterocycles. The van der Waals surface area contributed by atoms with Gasteiger partial charge in [-0.1, -0.05) is 62.7 Å². The fourth-order valence-electron chi connectivity index (χ4n) is 7.96. The van der Waals surface area contributed by atoms with Crippen molar-refractivity contribution in [2.45, 2.75) is 114 Å². The highest BCUT2D eigenvalue weighted by molar-refractivity contribution is 5.97. The summed E-state index contributed by atoms with van der Waals surface area (Å²) in [7, 11) is 0. The molecule has 2 aromatic heterocycles. The Bertz CT molecular complexity index is 2380. The topological polar surface area (TPSA) is 371 Å². The number of nitrogens with two attached hydrogens (primary N) is 3. The van der Waals surface area contributed by atoms with Gasteiger partial charge in [0.25, 0.3) is 0 Å². The Kier molecular flexibility index (Phi) is 19.8. The van der Waals surface area contributed by atoms with Crippen molar-refractivity contribution in [1.29, 1.82) is 0 Å². The van der Waals surface area contributed by atoms with E-state index in [4.69, 9.17) is 17.2 Å². The van der Waals surface area contributed by atoms with Gasteiger partial charge >= 0.3 is 5.97 Å². The van der Waals surface area contributed by atoms with Crippen molar-refractivity contribution in [3.8, 4) is 5.75 Å². The van der Waals surface area contributed by atoms with E-state index in [1.54, 1.807) is 49.4 Å². The Balaban J connectivity index is 1.36. The third-order valence-electron chi connectivity index (χ3n) is 12.0. The number of guanidine groups is 1. The van der Waals surface area contributed by atoms with Crippen LogP contribution in [0.1, 0.15) is 68.5 Å². The van der Waals surface area contributed by atoms with Gasteiger partial charge < -0.3 is 68.9 Å². The van der Waals surface area contributed by atoms with Gasteiger partial charge in [0.1, 0.15) is 42.0 Å². The van der Waals surface area contributed by atoms with Crippen LogP contribution in [0.4, 0.5) is 0 Å². The van der Waals surface area contributed by atoms with Gasteiger partial charge in [0, 0.05) is 62.6 Å². The second-order valence-corrected chi connectivity index (χ2v) is 17.3. The Hall–Kier alpha value is -7.82. The van der Waals surface area contributed by atoms with Crippen LogP contribution in [0.5, 0.6) is 5.75 Å². The van der Waals surface area contributed by atoms with Crippen LogP contribution in [0.3, 0.4) is 0 Å². The van der Waals surface area contributed by atoms with Gasteiger partial charge in [-0.05, 0) is 54.9 Å². The number of aromatic amines is 2. The van der Waals surface area contributed by atoms with E-state index in [-0.39, 0.29) is 63.3 Å². The van der Waals surface area contributed by atoms with Gasteiger partial charge in [0.15, 0.2) is 5.96 Å². The zero-order chi connectivity index (χ0) is 50.7. The SMILES string of the molecule is CC[C@H](C)[C@H](NC(=O)[C@H](Cc1ccc(O)cc1)NC(=O)[C@H](Cc1cnc[nH]1)NC(=O)[C@@H](N)CCCN=C(N)N)C(=O)N[C@@H](Cc1cnc[nH]1)C(=O)N1CCC[C@H]1C(=O)N[C@@H](Cc1ccccc1)C(=O)O. The molecule has 0 bridgehead atoms. The van der Waals surface area contributed by atoms with Crippen molar-refractivity contribution in [3.05, 3.63) is 102 Å². The standard InChI is InChI=1S/C47H64N14O9/c1-3-27(2)39(44(67)58-36(22-31-24-52-26-55-31)45(68)61-18-8-12-38(61)43(66)59-37(46(69)70)20-28-9-5-4-6-10-28)60-42(65)34(19-29-13-15-32(62)16-14-29)57-41(64)35(21-30-23-51-25-54-30)56-40(63)33(48)11-7-17-53-47(49)50/h4-6,9-10,13-16,23-27,33-39,62H,3,7-8,11-12,17-22,48H2,1-2H3,(H,51,54)(H,52,55)(H,56,63)(H,57,64)(H,58,67)(H,59,66)(H,60,65)(H,69,70)(H4,49,50,53)/t27-,33-,34-,35-,36-,37-,38-,39-/m0/s1. The lowest BCUT2D eigenvalue weighted by Gasteiger charge is -2.32. The molecule has 5 rings (SSSR count). The van der Waals surface area contributed by atoms with Crippen molar-refractivity contribution < 1.29 is 43.8 Å². The molecule has 23 nitrogen and oxygen atoms in total. The Labute approximate surface area is 404 Å². The summed E-state index contributed by atoms with van der Waals surface area (Å²) in [6, 6.07) is 6.27. The summed E-state index contributed by atoms with van der Waals surface area (Å²) < 4.78 is 0. The maximum absolute atomic E-state index is 14.5. The van der Waals surface area contributed by atoms with E-state index in [1.807, 2.05) is 6.92 Å². The predicted molar refractivity (Wildman–Crippen MR) is 256 cm³/mol. The largest absolute Gasteiger partial charge is 0.508 e. The molecule has 23 heteroatoms. The molecule has 0 aliphatic carbocycles. The van der Waals surface area contributed by atoms with E-state index in [1.165, 1.54) is 42.1 Å². The molecule has 0 unspecified atom stereocenters. The predicted octanol–water partition coefficient (Wildman–Crippen LogP) is -0.964. The molecule has 70 heavy (non-hydrogen) atoms. The first-order valence-electron chi connectivity index (χ1n) is 23.1. The molecule has 0 saturated carbocycles. The molecule has 376 valence electrons. The maximum atomic E-state index is 14.5. The van der Waals surface area contributed by atoms with Gasteiger partial charge in [-0.2, -0.15) is 0 Å². The number of nitrogens with one attached hydrogen (secondary N) is 7. The molecule has 0 radical (unpaired) electrons. The quantitative estimate of drug-likeness (QED) is 0.0205. The summed E-state index contributed by atoms with van der Waals surface area (Å²) in [5.74, 6) is -6.09. The normalized spacial score (nSPS) is 16.3. The van der Waals surface area contributed by atoms with Crippen molar-refractivity contribution in [2.75, 3.05) is 13.1 Å². The summed E-state index contributed by atoms with van der Waals surface area (Å²) in [6.07, 6.45) is 7.17. The molecule has 15 N–H and O–H groups in total. The highest BCUT2D eigenvalue weighted by atomic mass is 16.4. The third kappa shape index (κ3) is 15.9. The average molecular weight is 969 g/mol. The molecule has 0 spiro atoms. The first kappa shape index (κ1) is 53.1. The second-order valence-electron chi connectivity index (χ2n) is 17.3. The van der Waals surface area contributed by atoms with Gasteiger partial charge in [0.05, 0.1) is 18.7 Å². The van der Waals surface area contributed by atoms with Crippen LogP contribution in [-0.2, 0) is 59.2 Å². The number of carboxylic acid groups (broad SMARTS) is 1. The number of H-pyrrole nitrogens is 2. The molecule has 4 aromatic rings. The van der Waals surface area contributed by atoms with E-state index in [0.717, 1.165) is 0 Å². The number of aromatic hydroxyl groups is 1. The number of nitrogens with zero attached hydrogens (tertiary/aromatic N) is 4. The lowest BCUT2D eigenvalue weighted by molar-refractivity contribution is -0.145. The molecule has 1 saturated heterocycles. The Morgan fingerprint density at radius 3 is 1.93 bits per heavy atom. The number of hydrogen-bond acceptors (Lipinski definition) is 12. The number of carboxylic acids is 1. The van der Waals surface area contributed by atoms with Gasteiger partial charge in [-0.25, -0.2) is 14.8 Å². The van der Waals surface area contributed by atoms with E-state index >= 15 is 0 Å². The first-order chi connectivity index (χ1) is 33.5. The van der Waals surface area contributed by atoms with E-state index in [0.29, 0.717) is 41.8 Å². The summed E-state index contributed by atoms with van der Waals surface area (Å²) in [4.78, 5) is 116. The molecule has 6 amide bonds. The fraction of sp³-hybridized carbons (Fsp3) is 0.447. The van der Waals surface area contributed by atoms with Crippen molar-refractivity contribution >= 4 is 47.4 Å². The van der Waals surface area contributed by atoms with Gasteiger partial charge in [-0.3, -0.25) is 33.8 Å². The number of aromatic nitrogens is 4. The minimum atomic E-state index is -1.35. The number of hydrogen-bond donors (Lipinski definition) is 12. The lowest BCUT2D eigenvalue weighted by Crippen LogP contribution is -2.61. The first-order valence-corrected chi connectivity index (χ1v) is 23.1. The van der Waals surface area contributed by atoms with Crippen molar-refractivity contribution in [1.82, 2.24) is 51.4 Å². The number of aliphatic imine (C=N–C) groups is 1. The fourth-order valence-corrected chi connectivity index (χ4v) is 7.96.